The summed E-state index contributed by atoms with van der Waals surface area (Å²) < 4.78 is 0. The number of nitriles is 1. The predicted octanol–water partition coefficient (Wildman–Crippen LogP) is 4.07. The Morgan fingerprint density at radius 1 is 1.26 bits per heavy atom. The van der Waals surface area contributed by atoms with Gasteiger partial charge in [0.25, 0.3) is 0 Å². The van der Waals surface area contributed by atoms with E-state index in [1.54, 1.807) is 11.0 Å². The summed E-state index contributed by atoms with van der Waals surface area (Å²) in [5, 5.41) is 19.7. The Kier molecular flexibility index (Phi) is 4.69. The van der Waals surface area contributed by atoms with E-state index in [1.807, 2.05) is 24.3 Å². The second-order valence-corrected chi connectivity index (χ2v) is 7.50. The van der Waals surface area contributed by atoms with E-state index < -0.39 is 6.61 Å². The molecule has 27 heavy (non-hydrogen) atoms. The normalized spacial score (nSPS) is 15.4. The molecule has 0 aromatic heterocycles. The van der Waals surface area contributed by atoms with Gasteiger partial charge in [0.1, 0.15) is 6.61 Å². The van der Waals surface area contributed by atoms with Crippen LogP contribution in [0.4, 0.5) is 0 Å². The van der Waals surface area contributed by atoms with Gasteiger partial charge in [-0.15, -0.1) is 0 Å². The minimum Gasteiger partial charge on any atom is -0.387 e. The van der Waals surface area contributed by atoms with Crippen LogP contribution in [0.15, 0.2) is 35.9 Å². The smallest absolute Gasteiger partial charge is 0.248 e. The van der Waals surface area contributed by atoms with E-state index in [2.05, 4.69) is 6.07 Å². The summed E-state index contributed by atoms with van der Waals surface area (Å²) in [4.78, 5) is 13.7. The largest absolute Gasteiger partial charge is 0.387 e. The number of benzene rings is 2. The summed E-state index contributed by atoms with van der Waals surface area (Å²) >= 11 is 12.9. The highest BCUT2D eigenvalue weighted by Gasteiger charge is 2.33. The molecule has 2 aliphatic rings. The molecule has 0 radical (unpaired) electrons. The summed E-state index contributed by atoms with van der Waals surface area (Å²) in [7, 11) is 0. The van der Waals surface area contributed by atoms with E-state index in [4.69, 9.17) is 23.2 Å². The fourth-order valence-electron chi connectivity index (χ4n) is 4.00. The van der Waals surface area contributed by atoms with Gasteiger partial charge in [-0.05, 0) is 47.2 Å². The number of nitrogens with zero attached hydrogens (tertiary/aromatic N) is 2. The monoisotopic (exact) mass is 398 g/mol. The van der Waals surface area contributed by atoms with Crippen LogP contribution in [0.5, 0.6) is 0 Å². The van der Waals surface area contributed by atoms with Gasteiger partial charge in [0, 0.05) is 18.7 Å². The van der Waals surface area contributed by atoms with Crippen molar-refractivity contribution in [2.75, 3.05) is 19.7 Å². The summed E-state index contributed by atoms with van der Waals surface area (Å²) in [6, 6.07) is 11.4. The van der Waals surface area contributed by atoms with Crippen molar-refractivity contribution < 1.29 is 9.90 Å². The lowest BCUT2D eigenvalue weighted by Gasteiger charge is -2.29. The van der Waals surface area contributed by atoms with E-state index in [0.29, 0.717) is 35.1 Å². The number of amides is 1. The molecule has 1 N–H and O–H groups in total. The minimum absolute atomic E-state index is 0.283. The lowest BCUT2D eigenvalue weighted by molar-refractivity contribution is -0.133. The van der Waals surface area contributed by atoms with Crippen molar-refractivity contribution in [3.05, 3.63) is 62.6 Å². The van der Waals surface area contributed by atoms with Crippen molar-refractivity contribution in [2.45, 2.75) is 12.8 Å². The zero-order valence-electron chi connectivity index (χ0n) is 14.4. The standard InChI is InChI=1S/C21H16Cl2N2O2/c22-18-8-15(14-4-2-1-3-13(14)9-24)20-16(21(18)23)7-12-5-6-25(10-17(12)20)19(27)11-26/h1-4,8,26H,5-7,10-11H2. The Bertz CT molecular complexity index is 1040. The van der Waals surface area contributed by atoms with Crippen molar-refractivity contribution in [3.8, 4) is 17.2 Å². The third-order valence-corrected chi connectivity index (χ3v) is 6.12. The van der Waals surface area contributed by atoms with Crippen LogP contribution in [0, 0.1) is 11.3 Å². The van der Waals surface area contributed by atoms with E-state index in [1.165, 1.54) is 5.57 Å². The number of aliphatic hydroxyl groups excluding tert-OH is 1. The molecular weight excluding hydrogens is 383 g/mol. The Morgan fingerprint density at radius 3 is 2.78 bits per heavy atom. The molecule has 0 fully saturated rings. The first-order valence-electron chi connectivity index (χ1n) is 8.65. The molecule has 0 saturated heterocycles. The minimum atomic E-state index is -0.499. The van der Waals surface area contributed by atoms with E-state index in [9.17, 15) is 15.2 Å². The highest BCUT2D eigenvalue weighted by atomic mass is 35.5. The Hall–Kier alpha value is -2.32. The van der Waals surface area contributed by atoms with Crippen LogP contribution in [-0.4, -0.2) is 35.6 Å². The number of hydrogen-bond acceptors (Lipinski definition) is 3. The van der Waals surface area contributed by atoms with Gasteiger partial charge in [-0.25, -0.2) is 0 Å². The van der Waals surface area contributed by atoms with Crippen LogP contribution < -0.4 is 0 Å². The summed E-state index contributed by atoms with van der Waals surface area (Å²) in [6.07, 6.45) is 1.44. The van der Waals surface area contributed by atoms with Gasteiger partial charge in [-0.2, -0.15) is 5.26 Å². The van der Waals surface area contributed by atoms with Gasteiger partial charge in [0.15, 0.2) is 0 Å². The van der Waals surface area contributed by atoms with Gasteiger partial charge in [-0.1, -0.05) is 47.0 Å². The van der Waals surface area contributed by atoms with Crippen molar-refractivity contribution in [3.63, 3.8) is 0 Å². The number of halogens is 2. The zero-order chi connectivity index (χ0) is 19.1. The topological polar surface area (TPSA) is 64.3 Å². The molecule has 2 aromatic rings. The first-order valence-corrected chi connectivity index (χ1v) is 9.41. The Balaban J connectivity index is 1.92. The Morgan fingerprint density at radius 2 is 2.04 bits per heavy atom. The highest BCUT2D eigenvalue weighted by Crippen LogP contribution is 2.48. The molecule has 4 nitrogen and oxygen atoms in total. The number of hydrogen-bond donors (Lipinski definition) is 1. The molecule has 0 bridgehead atoms. The SMILES string of the molecule is N#Cc1ccccc1-c1cc(Cl)c(Cl)c2c1C1=C(CCN(C(=O)CO)C1)C2. The second kappa shape index (κ2) is 7.01. The molecule has 136 valence electrons. The summed E-state index contributed by atoms with van der Waals surface area (Å²) in [5.74, 6) is -0.283. The van der Waals surface area contributed by atoms with Crippen molar-refractivity contribution in [2.24, 2.45) is 0 Å². The van der Waals surface area contributed by atoms with Gasteiger partial charge in [0.05, 0.1) is 21.7 Å². The lowest BCUT2D eigenvalue weighted by Crippen LogP contribution is -2.37. The molecule has 0 spiro atoms. The van der Waals surface area contributed by atoms with E-state index in [-0.39, 0.29) is 5.91 Å². The van der Waals surface area contributed by atoms with Crippen LogP contribution in [0.3, 0.4) is 0 Å². The molecule has 0 atom stereocenters. The van der Waals surface area contributed by atoms with Gasteiger partial charge in [-0.3, -0.25) is 4.79 Å². The highest BCUT2D eigenvalue weighted by molar-refractivity contribution is 6.43. The van der Waals surface area contributed by atoms with Gasteiger partial charge < -0.3 is 10.0 Å². The van der Waals surface area contributed by atoms with Gasteiger partial charge >= 0.3 is 0 Å². The predicted molar refractivity (Wildman–Crippen MR) is 106 cm³/mol. The maximum Gasteiger partial charge on any atom is 0.248 e. The molecule has 1 heterocycles. The maximum atomic E-state index is 12.0. The maximum absolute atomic E-state index is 12.0. The van der Waals surface area contributed by atoms with Crippen LogP contribution in [-0.2, 0) is 11.2 Å². The number of carbonyl (C=O) groups is 1. The molecule has 1 aliphatic heterocycles. The fraction of sp³-hybridized carbons (Fsp3) is 0.238. The van der Waals surface area contributed by atoms with Gasteiger partial charge in [0.2, 0.25) is 5.91 Å². The zero-order valence-corrected chi connectivity index (χ0v) is 15.9. The molecule has 2 aromatic carbocycles. The molecule has 0 saturated carbocycles. The molecule has 1 aliphatic carbocycles. The number of carbonyl (C=O) groups excluding carboxylic acids is 1. The van der Waals surface area contributed by atoms with E-state index >= 15 is 0 Å². The summed E-state index contributed by atoms with van der Waals surface area (Å²) in [6.45, 7) is 0.518. The third-order valence-electron chi connectivity index (χ3n) is 5.29. The average Bonchev–Trinajstić information content (AvgIpc) is 3.09. The molecular formula is C21H16Cl2N2O2. The van der Waals surface area contributed by atoms with E-state index in [0.717, 1.165) is 34.2 Å². The van der Waals surface area contributed by atoms with Crippen LogP contribution in [0.2, 0.25) is 10.0 Å². The molecule has 4 rings (SSSR count). The lowest BCUT2D eigenvalue weighted by atomic mass is 9.90. The van der Waals surface area contributed by atoms with Crippen LogP contribution in [0.1, 0.15) is 23.1 Å². The number of fused-ring (bicyclic) bond motifs is 2. The first kappa shape index (κ1) is 18.1. The molecule has 1 amide bonds. The van der Waals surface area contributed by atoms with Crippen molar-refractivity contribution >= 4 is 34.7 Å². The fourth-order valence-corrected chi connectivity index (χ4v) is 4.44. The van der Waals surface area contributed by atoms with Crippen LogP contribution >= 0.6 is 23.2 Å². The quantitative estimate of drug-likeness (QED) is 0.828. The average molecular weight is 399 g/mol. The number of rotatable bonds is 2. The summed E-state index contributed by atoms with van der Waals surface area (Å²) in [5.41, 5.74) is 6.44. The van der Waals surface area contributed by atoms with Crippen molar-refractivity contribution in [1.29, 1.82) is 5.26 Å². The van der Waals surface area contributed by atoms with Crippen molar-refractivity contribution in [1.82, 2.24) is 4.90 Å². The Labute approximate surface area is 167 Å². The number of aliphatic hydroxyl groups is 1. The molecule has 0 unspecified atom stereocenters. The first-order chi connectivity index (χ1) is 13.0. The second-order valence-electron chi connectivity index (χ2n) is 6.71. The third kappa shape index (κ3) is 2.93. The molecule has 6 heteroatoms. The van der Waals surface area contributed by atoms with Crippen LogP contribution in [0.25, 0.3) is 16.7 Å².